The highest BCUT2D eigenvalue weighted by Gasteiger charge is 2.46. The number of Topliss-reactive ketones (excluding diaryl/α,β-unsaturated/α-hetero) is 1. The number of rotatable bonds is 6. The molecule has 1 fully saturated rings. The van der Waals surface area contributed by atoms with E-state index in [0.717, 1.165) is 21.1 Å². The van der Waals surface area contributed by atoms with E-state index in [1.54, 1.807) is 26.0 Å². The lowest BCUT2D eigenvalue weighted by atomic mass is 10.3. The van der Waals surface area contributed by atoms with Crippen LogP contribution in [0.5, 0.6) is 0 Å². The fourth-order valence-corrected chi connectivity index (χ4v) is 3.05. The van der Waals surface area contributed by atoms with Crippen LogP contribution in [-0.2, 0) is 20.9 Å². The lowest BCUT2D eigenvalue weighted by Gasteiger charge is -2.17. The summed E-state index contributed by atoms with van der Waals surface area (Å²) in [6.07, 6.45) is 0. The van der Waals surface area contributed by atoms with Crippen molar-refractivity contribution in [1.82, 2.24) is 15.1 Å². The van der Waals surface area contributed by atoms with E-state index in [4.69, 9.17) is 0 Å². The molecule has 8 nitrogen and oxygen atoms in total. The van der Waals surface area contributed by atoms with Crippen molar-refractivity contribution in [3.8, 4) is 0 Å². The summed E-state index contributed by atoms with van der Waals surface area (Å²) in [5, 5.41) is 2.62. The molecule has 24 heavy (non-hydrogen) atoms. The molecular formula is C15H17N3O5S. The smallest absolute Gasteiger partial charge is 0.334 e. The van der Waals surface area contributed by atoms with Gasteiger partial charge in [-0.2, -0.15) is 0 Å². The van der Waals surface area contributed by atoms with Crippen LogP contribution in [0.3, 0.4) is 0 Å². The van der Waals surface area contributed by atoms with Gasteiger partial charge < -0.3 is 5.32 Å². The Kier molecular flexibility index (Phi) is 5.13. The minimum Gasteiger partial charge on any atom is -0.351 e. The number of ketones is 1. The van der Waals surface area contributed by atoms with E-state index >= 15 is 0 Å². The Balaban J connectivity index is 2.07. The van der Waals surface area contributed by atoms with Crippen LogP contribution >= 0.6 is 11.3 Å². The van der Waals surface area contributed by atoms with Gasteiger partial charge in [0.25, 0.3) is 0 Å². The third-order valence-electron chi connectivity index (χ3n) is 3.35. The molecule has 128 valence electrons. The van der Waals surface area contributed by atoms with Crippen molar-refractivity contribution < 1.29 is 24.0 Å². The van der Waals surface area contributed by atoms with E-state index < -0.39 is 36.2 Å². The molecule has 1 N–H and O–H groups in total. The van der Waals surface area contributed by atoms with E-state index in [2.05, 4.69) is 5.32 Å². The zero-order chi connectivity index (χ0) is 18.0. The second kappa shape index (κ2) is 6.91. The van der Waals surface area contributed by atoms with Crippen molar-refractivity contribution in [2.24, 2.45) is 0 Å². The summed E-state index contributed by atoms with van der Waals surface area (Å²) in [5.41, 5.74) is 0. The summed E-state index contributed by atoms with van der Waals surface area (Å²) < 4.78 is 0. The Hall–Kier alpha value is -2.55. The van der Waals surface area contributed by atoms with Crippen molar-refractivity contribution in [3.63, 3.8) is 0 Å². The molecule has 0 aromatic carbocycles. The second-order valence-electron chi connectivity index (χ2n) is 5.54. The minimum absolute atomic E-state index is 0.183. The first-order valence-electron chi connectivity index (χ1n) is 7.27. The number of carbonyl (C=O) groups is 5. The number of amides is 5. The predicted octanol–water partition coefficient (Wildman–Crippen LogP) is 0.766. The van der Waals surface area contributed by atoms with Gasteiger partial charge in [0.1, 0.15) is 0 Å². The SMILES string of the molecule is CC(=O)NCc1ccc(C(=O)CN2C(=O)C(=O)N(C(C)C)C2=O)s1. The standard InChI is InChI=1S/C15H17N3O5S/c1-8(2)18-14(22)13(21)17(15(18)23)7-11(20)12-5-4-10(24-12)6-16-9(3)19/h4-5,8H,6-7H2,1-3H3,(H,16,19). The minimum atomic E-state index is -0.989. The highest BCUT2D eigenvalue weighted by Crippen LogP contribution is 2.20. The molecule has 9 heteroatoms. The Morgan fingerprint density at radius 1 is 1.17 bits per heavy atom. The van der Waals surface area contributed by atoms with E-state index in [1.165, 1.54) is 6.92 Å². The molecule has 0 saturated carbocycles. The topological polar surface area (TPSA) is 104 Å². The normalized spacial score (nSPS) is 14.8. The summed E-state index contributed by atoms with van der Waals surface area (Å²) in [7, 11) is 0. The van der Waals surface area contributed by atoms with Crippen LogP contribution in [0.15, 0.2) is 12.1 Å². The first-order chi connectivity index (χ1) is 11.2. The maximum Gasteiger partial charge on any atom is 0.334 e. The van der Waals surface area contributed by atoms with Crippen LogP contribution in [0.4, 0.5) is 4.79 Å². The number of carbonyl (C=O) groups excluding carboxylic acids is 5. The predicted molar refractivity (Wildman–Crippen MR) is 85.3 cm³/mol. The lowest BCUT2D eigenvalue weighted by Crippen LogP contribution is -2.39. The fourth-order valence-electron chi connectivity index (χ4n) is 2.17. The molecule has 0 unspecified atom stereocenters. The zero-order valence-electron chi connectivity index (χ0n) is 13.5. The Morgan fingerprint density at radius 2 is 1.83 bits per heavy atom. The van der Waals surface area contributed by atoms with Crippen molar-refractivity contribution in [1.29, 1.82) is 0 Å². The second-order valence-corrected chi connectivity index (χ2v) is 6.71. The maximum atomic E-state index is 12.3. The molecule has 1 aromatic rings. The van der Waals surface area contributed by atoms with Crippen LogP contribution in [0.25, 0.3) is 0 Å². The van der Waals surface area contributed by atoms with Crippen LogP contribution in [-0.4, -0.2) is 51.9 Å². The molecule has 0 spiro atoms. The largest absolute Gasteiger partial charge is 0.351 e. The van der Waals surface area contributed by atoms with E-state index in [-0.39, 0.29) is 5.91 Å². The fraction of sp³-hybridized carbons (Fsp3) is 0.400. The quantitative estimate of drug-likeness (QED) is 0.463. The average Bonchev–Trinajstić information content (AvgIpc) is 3.04. The summed E-state index contributed by atoms with van der Waals surface area (Å²) in [6.45, 7) is 4.44. The van der Waals surface area contributed by atoms with Gasteiger partial charge in [-0.15, -0.1) is 11.3 Å². The van der Waals surface area contributed by atoms with Crippen LogP contribution in [0.1, 0.15) is 35.3 Å². The zero-order valence-corrected chi connectivity index (χ0v) is 14.3. The van der Waals surface area contributed by atoms with E-state index in [0.29, 0.717) is 16.3 Å². The number of thiophene rings is 1. The van der Waals surface area contributed by atoms with Gasteiger partial charge >= 0.3 is 17.8 Å². The van der Waals surface area contributed by atoms with Crippen LogP contribution < -0.4 is 5.32 Å². The molecule has 1 saturated heterocycles. The summed E-state index contributed by atoms with van der Waals surface area (Å²) in [6, 6.07) is 2.02. The number of imide groups is 2. The average molecular weight is 351 g/mol. The van der Waals surface area contributed by atoms with Gasteiger partial charge in [-0.1, -0.05) is 0 Å². The van der Waals surface area contributed by atoms with Crippen molar-refractivity contribution in [2.75, 3.05) is 6.54 Å². The molecule has 0 bridgehead atoms. The highest BCUT2D eigenvalue weighted by molar-refractivity contribution is 7.14. The molecule has 1 aliphatic rings. The van der Waals surface area contributed by atoms with Gasteiger partial charge in [-0.3, -0.25) is 24.1 Å². The third kappa shape index (κ3) is 3.51. The first kappa shape index (κ1) is 17.8. The maximum absolute atomic E-state index is 12.3. The van der Waals surface area contributed by atoms with Gasteiger partial charge in [0.15, 0.2) is 5.78 Å². The molecule has 1 aromatic heterocycles. The molecular weight excluding hydrogens is 334 g/mol. The highest BCUT2D eigenvalue weighted by atomic mass is 32.1. The van der Waals surface area contributed by atoms with Gasteiger partial charge in [0.2, 0.25) is 5.91 Å². The molecule has 5 amide bonds. The number of hydrogen-bond donors (Lipinski definition) is 1. The first-order valence-corrected chi connectivity index (χ1v) is 8.09. The summed E-state index contributed by atoms with van der Waals surface area (Å²) in [5.74, 6) is -2.52. The molecule has 0 radical (unpaired) electrons. The monoisotopic (exact) mass is 351 g/mol. The molecule has 2 rings (SSSR count). The number of hydrogen-bond acceptors (Lipinski definition) is 6. The molecule has 2 heterocycles. The number of nitrogens with zero attached hydrogens (tertiary/aromatic N) is 2. The van der Waals surface area contributed by atoms with Gasteiger partial charge in [-0.25, -0.2) is 9.69 Å². The van der Waals surface area contributed by atoms with Crippen molar-refractivity contribution >= 4 is 40.9 Å². The lowest BCUT2D eigenvalue weighted by molar-refractivity contribution is -0.143. The number of urea groups is 1. The summed E-state index contributed by atoms with van der Waals surface area (Å²) in [4.78, 5) is 61.6. The Labute approximate surface area is 142 Å². The van der Waals surface area contributed by atoms with Gasteiger partial charge in [0.05, 0.1) is 18.0 Å². The summed E-state index contributed by atoms with van der Waals surface area (Å²) >= 11 is 1.16. The van der Waals surface area contributed by atoms with E-state index in [9.17, 15) is 24.0 Å². The third-order valence-corrected chi connectivity index (χ3v) is 4.48. The Morgan fingerprint density at radius 3 is 2.38 bits per heavy atom. The van der Waals surface area contributed by atoms with Gasteiger partial charge in [-0.05, 0) is 26.0 Å². The molecule has 1 aliphatic heterocycles. The molecule has 0 atom stereocenters. The molecule has 0 aliphatic carbocycles. The van der Waals surface area contributed by atoms with E-state index in [1.807, 2.05) is 0 Å². The van der Waals surface area contributed by atoms with Gasteiger partial charge in [0, 0.05) is 17.8 Å². The van der Waals surface area contributed by atoms with Crippen LogP contribution in [0, 0.1) is 0 Å². The van der Waals surface area contributed by atoms with Crippen LogP contribution in [0.2, 0.25) is 0 Å². The Bertz CT molecular complexity index is 724. The van der Waals surface area contributed by atoms with Crippen molar-refractivity contribution in [2.45, 2.75) is 33.4 Å². The van der Waals surface area contributed by atoms with Crippen molar-refractivity contribution in [3.05, 3.63) is 21.9 Å². The number of nitrogens with one attached hydrogen (secondary N) is 1.